The van der Waals surface area contributed by atoms with Crippen LogP contribution in [0.15, 0.2) is 12.7 Å². The van der Waals surface area contributed by atoms with Crippen molar-refractivity contribution in [3.8, 4) is 0 Å². The van der Waals surface area contributed by atoms with Crippen LogP contribution in [0.25, 0.3) is 0 Å². The molecule has 0 aromatic rings. The zero-order chi connectivity index (χ0) is 17.2. The highest BCUT2D eigenvalue weighted by Gasteiger charge is 2.34. The van der Waals surface area contributed by atoms with E-state index >= 15 is 0 Å². The molecule has 0 aliphatic rings. The van der Waals surface area contributed by atoms with Crippen LogP contribution in [0.5, 0.6) is 0 Å². The normalized spacial score (nSPS) is 16.5. The largest absolute Gasteiger partial charge is 0.103 e. The Kier molecular flexibility index (Phi) is 10.4. The third kappa shape index (κ3) is 6.88. The van der Waals surface area contributed by atoms with Crippen molar-refractivity contribution in [2.75, 3.05) is 0 Å². The van der Waals surface area contributed by atoms with Crippen LogP contribution in [0, 0.1) is 22.7 Å². The first-order valence-electron chi connectivity index (χ1n) is 9.92. The number of unbranched alkanes of at least 4 members (excludes halogenated alkanes) is 1. The summed E-state index contributed by atoms with van der Waals surface area (Å²) in [6, 6.07) is 0. The van der Waals surface area contributed by atoms with E-state index in [0.717, 1.165) is 11.8 Å². The zero-order valence-corrected chi connectivity index (χ0v) is 16.8. The molecule has 0 nitrogen and oxygen atoms in total. The lowest BCUT2D eigenvalue weighted by molar-refractivity contribution is 0.0949. The van der Waals surface area contributed by atoms with Gasteiger partial charge in [0.25, 0.3) is 0 Å². The van der Waals surface area contributed by atoms with E-state index in [9.17, 15) is 0 Å². The monoisotopic (exact) mass is 308 g/mol. The first kappa shape index (κ1) is 21.7. The summed E-state index contributed by atoms with van der Waals surface area (Å²) >= 11 is 0. The highest BCUT2D eigenvalue weighted by atomic mass is 14.4. The Hall–Kier alpha value is -0.260. The standard InChI is InChI=1S/C22H44/c1-9-16-22(8,17-10-2)20(19(5)6)15-13-14-18-21(7,11-3)12-4/h11,19-20H,3,9-10,12-18H2,1-2,4-8H3. The van der Waals surface area contributed by atoms with Crippen LogP contribution in [-0.4, -0.2) is 0 Å². The quantitative estimate of drug-likeness (QED) is 0.238. The maximum Gasteiger partial charge on any atom is -0.0152 e. The maximum atomic E-state index is 4.03. The highest BCUT2D eigenvalue weighted by Crippen LogP contribution is 2.44. The number of hydrogen-bond donors (Lipinski definition) is 0. The summed E-state index contributed by atoms with van der Waals surface area (Å²) in [6.07, 6.45) is 14.3. The van der Waals surface area contributed by atoms with Crippen molar-refractivity contribution in [1.82, 2.24) is 0 Å². The summed E-state index contributed by atoms with van der Waals surface area (Å²) < 4.78 is 0. The van der Waals surface area contributed by atoms with Gasteiger partial charge in [0, 0.05) is 0 Å². The van der Waals surface area contributed by atoms with Crippen LogP contribution < -0.4 is 0 Å². The molecule has 0 saturated heterocycles. The fourth-order valence-electron chi connectivity index (χ4n) is 4.44. The van der Waals surface area contributed by atoms with Gasteiger partial charge < -0.3 is 0 Å². The first-order chi connectivity index (χ1) is 10.3. The molecule has 0 spiro atoms. The summed E-state index contributed by atoms with van der Waals surface area (Å²) in [4.78, 5) is 0. The van der Waals surface area contributed by atoms with E-state index in [1.54, 1.807) is 0 Å². The maximum absolute atomic E-state index is 4.03. The Morgan fingerprint density at radius 1 is 0.909 bits per heavy atom. The van der Waals surface area contributed by atoms with Crippen molar-refractivity contribution in [2.24, 2.45) is 22.7 Å². The SMILES string of the molecule is C=CC(C)(CC)CCCCC(C(C)C)C(C)(CCC)CCC. The molecule has 0 aromatic heterocycles. The van der Waals surface area contributed by atoms with E-state index in [2.05, 4.69) is 61.1 Å². The number of hydrogen-bond acceptors (Lipinski definition) is 0. The zero-order valence-electron chi connectivity index (χ0n) is 16.8. The lowest BCUT2D eigenvalue weighted by atomic mass is 9.64. The van der Waals surface area contributed by atoms with Crippen LogP contribution in [0.4, 0.5) is 0 Å². The predicted octanol–water partition coefficient (Wildman–Crippen LogP) is 8.03. The Balaban J connectivity index is 4.61. The van der Waals surface area contributed by atoms with Gasteiger partial charge in [0.2, 0.25) is 0 Å². The van der Waals surface area contributed by atoms with E-state index in [1.807, 2.05) is 0 Å². The van der Waals surface area contributed by atoms with Gasteiger partial charge in [0.15, 0.2) is 0 Å². The van der Waals surface area contributed by atoms with Gasteiger partial charge in [-0.25, -0.2) is 0 Å². The van der Waals surface area contributed by atoms with E-state index < -0.39 is 0 Å². The average Bonchev–Trinajstić information content (AvgIpc) is 2.46. The molecular formula is C22H44. The van der Waals surface area contributed by atoms with Gasteiger partial charge in [-0.15, -0.1) is 6.58 Å². The van der Waals surface area contributed by atoms with E-state index in [0.29, 0.717) is 10.8 Å². The molecule has 0 heteroatoms. The van der Waals surface area contributed by atoms with Gasteiger partial charge in [0.1, 0.15) is 0 Å². The molecule has 0 radical (unpaired) electrons. The topological polar surface area (TPSA) is 0 Å². The summed E-state index contributed by atoms with van der Waals surface area (Å²) in [5.74, 6) is 1.68. The smallest absolute Gasteiger partial charge is 0.0152 e. The van der Waals surface area contributed by atoms with Gasteiger partial charge in [-0.1, -0.05) is 80.2 Å². The summed E-state index contributed by atoms with van der Waals surface area (Å²) in [7, 11) is 0. The van der Waals surface area contributed by atoms with Crippen LogP contribution >= 0.6 is 0 Å². The third-order valence-corrected chi connectivity index (χ3v) is 6.16. The third-order valence-electron chi connectivity index (χ3n) is 6.16. The fraction of sp³-hybridized carbons (Fsp3) is 0.909. The second-order valence-corrected chi connectivity index (χ2v) is 8.46. The van der Waals surface area contributed by atoms with Crippen molar-refractivity contribution in [1.29, 1.82) is 0 Å². The molecule has 0 amide bonds. The van der Waals surface area contributed by atoms with E-state index in [4.69, 9.17) is 0 Å². The van der Waals surface area contributed by atoms with Gasteiger partial charge in [0.05, 0.1) is 0 Å². The Bertz CT molecular complexity index is 282. The minimum Gasteiger partial charge on any atom is -0.103 e. The van der Waals surface area contributed by atoms with Crippen LogP contribution in [0.2, 0.25) is 0 Å². The van der Waals surface area contributed by atoms with Crippen LogP contribution in [0.3, 0.4) is 0 Å². The molecule has 2 unspecified atom stereocenters. The number of allylic oxidation sites excluding steroid dienone is 1. The minimum absolute atomic E-state index is 0.351. The fourth-order valence-corrected chi connectivity index (χ4v) is 4.44. The van der Waals surface area contributed by atoms with Gasteiger partial charge in [-0.3, -0.25) is 0 Å². The summed E-state index contributed by atoms with van der Waals surface area (Å²) in [5, 5.41) is 0. The molecule has 0 aromatic carbocycles. The van der Waals surface area contributed by atoms with Crippen LogP contribution in [0.1, 0.15) is 106 Å². The molecule has 0 heterocycles. The second-order valence-electron chi connectivity index (χ2n) is 8.46. The van der Waals surface area contributed by atoms with Gasteiger partial charge in [-0.2, -0.15) is 0 Å². The molecule has 0 bridgehead atoms. The number of rotatable bonds is 13. The summed E-state index contributed by atoms with van der Waals surface area (Å²) in [5.41, 5.74) is 0.896. The lowest BCUT2D eigenvalue weighted by Crippen LogP contribution is -2.31. The molecule has 0 rings (SSSR count). The molecule has 0 fully saturated rings. The van der Waals surface area contributed by atoms with Gasteiger partial charge >= 0.3 is 0 Å². The van der Waals surface area contributed by atoms with Crippen molar-refractivity contribution in [2.45, 2.75) is 106 Å². The van der Waals surface area contributed by atoms with Crippen molar-refractivity contribution >= 4 is 0 Å². The second kappa shape index (κ2) is 10.5. The van der Waals surface area contributed by atoms with Crippen molar-refractivity contribution in [3.05, 3.63) is 12.7 Å². The Morgan fingerprint density at radius 2 is 1.45 bits per heavy atom. The molecule has 0 aliphatic carbocycles. The molecular weight excluding hydrogens is 264 g/mol. The average molecular weight is 309 g/mol. The molecule has 0 aliphatic heterocycles. The molecule has 2 atom stereocenters. The molecule has 0 saturated carbocycles. The predicted molar refractivity (Wildman–Crippen MR) is 103 cm³/mol. The van der Waals surface area contributed by atoms with Gasteiger partial charge in [-0.05, 0) is 54.8 Å². The van der Waals surface area contributed by atoms with Crippen molar-refractivity contribution < 1.29 is 0 Å². The van der Waals surface area contributed by atoms with E-state index in [-0.39, 0.29) is 0 Å². The molecule has 22 heavy (non-hydrogen) atoms. The Labute approximate surface area is 142 Å². The van der Waals surface area contributed by atoms with E-state index in [1.165, 1.54) is 57.8 Å². The lowest BCUT2D eigenvalue weighted by Gasteiger charge is -2.41. The Morgan fingerprint density at radius 3 is 1.82 bits per heavy atom. The highest BCUT2D eigenvalue weighted by molar-refractivity contribution is 4.90. The minimum atomic E-state index is 0.351. The molecule has 0 N–H and O–H groups in total. The first-order valence-corrected chi connectivity index (χ1v) is 9.92. The summed E-state index contributed by atoms with van der Waals surface area (Å²) in [6.45, 7) is 20.8. The van der Waals surface area contributed by atoms with Crippen LogP contribution in [-0.2, 0) is 0 Å². The molecule has 132 valence electrons. The van der Waals surface area contributed by atoms with Crippen molar-refractivity contribution in [3.63, 3.8) is 0 Å².